The van der Waals surface area contributed by atoms with Crippen LogP contribution in [-0.4, -0.2) is 12.6 Å². The highest BCUT2D eigenvalue weighted by Gasteiger charge is 2.41. The molecular weight excluding hydrogens is 625 g/mol. The first-order valence-electron chi connectivity index (χ1n) is 16.3. The second-order valence-electron chi connectivity index (χ2n) is 12.2. The molecule has 0 saturated heterocycles. The molecule has 232 valence electrons. The topological polar surface area (TPSA) is 56.9 Å². The molecule has 1 aromatic heterocycles. The molecule has 0 saturated carbocycles. The Morgan fingerprint density at radius 1 is 0.520 bits per heavy atom. The van der Waals surface area contributed by atoms with Gasteiger partial charge in [-0.15, -0.1) is 0 Å². The summed E-state index contributed by atoms with van der Waals surface area (Å²) in [7, 11) is -2.82. The van der Waals surface area contributed by atoms with Gasteiger partial charge in [-0.1, -0.05) is 127 Å². The Morgan fingerprint density at radius 2 is 1.12 bits per heavy atom. The van der Waals surface area contributed by atoms with Crippen molar-refractivity contribution < 1.29 is 0 Å². The molecule has 0 N–H and O–H groups in total. The quantitative estimate of drug-likeness (QED) is 0.104. The van der Waals surface area contributed by atoms with Gasteiger partial charge in [0.05, 0.1) is 46.6 Å². The molecule has 0 unspecified atom stereocenters. The molecule has 0 bridgehead atoms. The fourth-order valence-corrected chi connectivity index (χ4v) is 12.2. The Morgan fingerprint density at radius 3 is 1.72 bits per heavy atom. The molecule has 0 fully saturated rings. The van der Waals surface area contributed by atoms with Gasteiger partial charge in [0.1, 0.15) is 0 Å². The van der Waals surface area contributed by atoms with Crippen molar-refractivity contribution in [2.24, 2.45) is 0 Å². The molecule has 0 aliphatic carbocycles. The van der Waals surface area contributed by atoms with Crippen molar-refractivity contribution in [3.05, 3.63) is 192 Å². The van der Waals surface area contributed by atoms with Crippen LogP contribution in [-0.2, 0) is 0 Å². The normalized spacial score (nSPS) is 11.1. The fraction of sp³-hybridized carbons (Fsp3) is 0. The Kier molecular flexibility index (Phi) is 7.63. The van der Waals surface area contributed by atoms with Crippen LogP contribution in [0.15, 0.2) is 170 Å². The number of hydrogen-bond acceptors (Lipinski definition) is 2. The van der Waals surface area contributed by atoms with E-state index in [0.717, 1.165) is 43.8 Å². The summed E-state index contributed by atoms with van der Waals surface area (Å²) < 4.78 is 2.09. The van der Waals surface area contributed by atoms with Gasteiger partial charge in [0.15, 0.2) is 8.07 Å². The third-order valence-corrected chi connectivity index (χ3v) is 14.4. The van der Waals surface area contributed by atoms with E-state index in [-0.39, 0.29) is 0 Å². The van der Waals surface area contributed by atoms with Gasteiger partial charge < -0.3 is 4.57 Å². The largest absolute Gasteiger partial charge is 0.319 e. The molecule has 0 radical (unpaired) electrons. The predicted octanol–water partition coefficient (Wildman–Crippen LogP) is 8.12. The highest BCUT2D eigenvalue weighted by molar-refractivity contribution is 7.19. The maximum Gasteiger partial charge on any atom is 0.211 e. The fourth-order valence-electron chi connectivity index (χ4n) is 7.46. The first-order chi connectivity index (χ1) is 24.7. The average molecular weight is 653 g/mol. The van der Waals surface area contributed by atoms with Crippen molar-refractivity contribution in [3.63, 3.8) is 0 Å². The lowest BCUT2D eigenvalue weighted by Crippen LogP contribution is -2.74. The van der Waals surface area contributed by atoms with E-state index >= 15 is 0 Å². The predicted molar refractivity (Wildman–Crippen MR) is 206 cm³/mol. The van der Waals surface area contributed by atoms with E-state index in [1.54, 1.807) is 0 Å². The van der Waals surface area contributed by atoms with E-state index < -0.39 is 8.07 Å². The lowest BCUT2D eigenvalue weighted by molar-refractivity contribution is 1.19. The summed E-state index contributed by atoms with van der Waals surface area (Å²) >= 11 is 0. The Bertz CT molecular complexity index is 2580. The van der Waals surface area contributed by atoms with Crippen LogP contribution in [0.2, 0.25) is 0 Å². The summed E-state index contributed by atoms with van der Waals surface area (Å²) in [5.41, 5.74) is 5.85. The van der Waals surface area contributed by atoms with Crippen LogP contribution < -0.4 is 20.7 Å². The van der Waals surface area contributed by atoms with Gasteiger partial charge in [-0.2, -0.15) is 10.5 Å². The van der Waals surface area contributed by atoms with Crippen LogP contribution in [0.3, 0.4) is 0 Å². The maximum atomic E-state index is 10.7. The van der Waals surface area contributed by atoms with Gasteiger partial charge in [-0.25, -0.2) is 4.85 Å². The minimum atomic E-state index is -2.82. The molecule has 1 heterocycles. The lowest BCUT2D eigenvalue weighted by Gasteiger charge is -2.34. The molecule has 5 heteroatoms. The third-order valence-electron chi connectivity index (χ3n) is 9.64. The van der Waals surface area contributed by atoms with Gasteiger partial charge in [0.2, 0.25) is 5.69 Å². The van der Waals surface area contributed by atoms with Crippen molar-refractivity contribution in [1.29, 1.82) is 10.5 Å². The average Bonchev–Trinajstić information content (AvgIpc) is 3.52. The molecule has 7 aromatic carbocycles. The van der Waals surface area contributed by atoms with E-state index in [9.17, 15) is 10.5 Å². The smallest absolute Gasteiger partial charge is 0.211 e. The van der Waals surface area contributed by atoms with Gasteiger partial charge in [0, 0.05) is 10.8 Å². The van der Waals surface area contributed by atoms with Crippen molar-refractivity contribution in [2.45, 2.75) is 0 Å². The van der Waals surface area contributed by atoms with E-state index in [4.69, 9.17) is 6.57 Å². The van der Waals surface area contributed by atoms with Crippen LogP contribution in [0.5, 0.6) is 0 Å². The van der Waals surface area contributed by atoms with Crippen LogP contribution in [0.4, 0.5) is 5.69 Å². The van der Waals surface area contributed by atoms with Gasteiger partial charge in [-0.3, -0.25) is 0 Å². The van der Waals surface area contributed by atoms with E-state index in [1.165, 1.54) is 15.6 Å². The monoisotopic (exact) mass is 652 g/mol. The lowest BCUT2D eigenvalue weighted by atomic mass is 9.99. The molecule has 8 aromatic rings. The van der Waals surface area contributed by atoms with Gasteiger partial charge >= 0.3 is 0 Å². The molecule has 0 aliphatic heterocycles. The zero-order valence-corrected chi connectivity index (χ0v) is 28.0. The van der Waals surface area contributed by atoms with Crippen LogP contribution >= 0.6 is 0 Å². The third kappa shape index (κ3) is 4.80. The maximum absolute atomic E-state index is 10.7. The number of fused-ring (bicyclic) bond motifs is 3. The van der Waals surface area contributed by atoms with Crippen molar-refractivity contribution in [2.75, 3.05) is 0 Å². The van der Waals surface area contributed by atoms with Crippen molar-refractivity contribution >= 4 is 56.3 Å². The van der Waals surface area contributed by atoms with Crippen LogP contribution in [0.1, 0.15) is 11.1 Å². The van der Waals surface area contributed by atoms with E-state index in [0.29, 0.717) is 16.8 Å². The Balaban J connectivity index is 1.32. The molecule has 0 atom stereocenters. The first-order valence-corrected chi connectivity index (χ1v) is 18.3. The summed E-state index contributed by atoms with van der Waals surface area (Å²) in [6, 6.07) is 62.6. The molecule has 0 aliphatic rings. The number of aromatic nitrogens is 1. The molecule has 8 rings (SSSR count). The van der Waals surface area contributed by atoms with E-state index in [1.807, 2.05) is 78.9 Å². The molecular formula is C45H28N4Si. The standard InChI is InChI=1S/C45H28N4Si/c1-48-42-29-33(22-26-45(42)49-43-20-12-11-19-40(43)41-27-32(30-46)21-25-44(41)49)39-24-23-38(28-34(39)31-47)50(35-13-5-2-6-14-35,36-15-7-3-8-16-36)37-17-9-4-10-18-37/h2-29H. The Labute approximate surface area is 291 Å². The first kappa shape index (κ1) is 30.4. The number of hydrogen-bond donors (Lipinski definition) is 0. The van der Waals surface area contributed by atoms with Gasteiger partial charge in [0.25, 0.3) is 0 Å². The summed E-state index contributed by atoms with van der Waals surface area (Å²) in [4.78, 5) is 3.99. The summed E-state index contributed by atoms with van der Waals surface area (Å²) in [6.45, 7) is 8.24. The number of para-hydroxylation sites is 1. The number of rotatable bonds is 6. The van der Waals surface area contributed by atoms with E-state index in [2.05, 4.69) is 113 Å². The summed E-state index contributed by atoms with van der Waals surface area (Å²) in [6.07, 6.45) is 0. The highest BCUT2D eigenvalue weighted by atomic mass is 28.3. The summed E-state index contributed by atoms with van der Waals surface area (Å²) in [5.74, 6) is 0. The number of nitriles is 2. The van der Waals surface area contributed by atoms with Crippen molar-refractivity contribution in [1.82, 2.24) is 4.57 Å². The molecule has 0 spiro atoms. The molecule has 4 nitrogen and oxygen atoms in total. The SMILES string of the molecule is [C-]#[N+]c1cc(-c2ccc([Si](c3ccccc3)(c3ccccc3)c3ccccc3)cc2C#N)ccc1-n1c2ccccc2c2cc(C#N)ccc21. The second-order valence-corrected chi connectivity index (χ2v) is 16.0. The van der Waals surface area contributed by atoms with Crippen LogP contribution in [0, 0.1) is 29.2 Å². The zero-order valence-electron chi connectivity index (χ0n) is 27.0. The molecule has 50 heavy (non-hydrogen) atoms. The van der Waals surface area contributed by atoms with Crippen LogP contribution in [0.25, 0.3) is 43.5 Å². The highest BCUT2D eigenvalue weighted by Crippen LogP contribution is 2.38. The minimum Gasteiger partial charge on any atom is -0.319 e. The second kappa shape index (κ2) is 12.6. The number of nitrogens with zero attached hydrogens (tertiary/aromatic N) is 4. The number of benzene rings is 7. The van der Waals surface area contributed by atoms with Crippen molar-refractivity contribution in [3.8, 4) is 29.0 Å². The minimum absolute atomic E-state index is 0.476. The Hall–Kier alpha value is -6.97. The molecule has 0 amide bonds. The zero-order chi connectivity index (χ0) is 34.1. The van der Waals surface area contributed by atoms with Gasteiger partial charge in [-0.05, 0) is 74.3 Å². The summed E-state index contributed by atoms with van der Waals surface area (Å²) in [5, 5.41) is 27.1.